The normalized spacial score (nSPS) is 17.2. The van der Waals surface area contributed by atoms with Crippen LogP contribution in [0.25, 0.3) is 0 Å². The van der Waals surface area contributed by atoms with Gasteiger partial charge in [0.1, 0.15) is 5.60 Å². The Kier molecular flexibility index (Phi) is 6.74. The Morgan fingerprint density at radius 3 is 2.52 bits per heavy atom. The number of carbonyl (C=O) groups is 2. The monoisotopic (exact) mass is 386 g/mol. The number of hydrogen-bond donors (Lipinski definition) is 1. The van der Waals surface area contributed by atoms with Crippen LogP contribution in [0.15, 0.2) is 12.1 Å². The Hall–Kier alpha value is -1.27. The minimum Gasteiger partial charge on any atom is -0.444 e. The Bertz CT molecular complexity index is 604. The number of thiophene rings is 1. The molecule has 140 valence electrons. The average Bonchev–Trinajstić information content (AvgIpc) is 2.92. The summed E-state index contributed by atoms with van der Waals surface area (Å²) in [7, 11) is 0. The minimum absolute atomic E-state index is 0.0735. The summed E-state index contributed by atoms with van der Waals surface area (Å²) < 4.78 is 6.04. The molecule has 0 aromatic carbocycles. The standard InChI is InChI=1S/C18H27ClN2O3S/c1-12(20-16(22)14-5-6-15(19)25-14)11-13-7-9-21(10-8-13)17(23)24-18(2,3)4/h5-6,12-13H,7-11H2,1-4H3,(H,20,22). The molecule has 1 aliphatic rings. The molecule has 1 atom stereocenters. The van der Waals surface area contributed by atoms with Gasteiger partial charge < -0.3 is 15.0 Å². The lowest BCUT2D eigenvalue weighted by atomic mass is 9.91. The second-order valence-corrected chi connectivity index (χ2v) is 9.34. The maximum atomic E-state index is 12.2. The summed E-state index contributed by atoms with van der Waals surface area (Å²) in [6.45, 7) is 9.07. The molecule has 2 heterocycles. The van der Waals surface area contributed by atoms with Gasteiger partial charge in [-0.25, -0.2) is 4.79 Å². The van der Waals surface area contributed by atoms with Crippen LogP contribution >= 0.6 is 22.9 Å². The van der Waals surface area contributed by atoms with E-state index in [-0.39, 0.29) is 18.0 Å². The summed E-state index contributed by atoms with van der Waals surface area (Å²) in [5.74, 6) is 0.427. The molecule has 0 bridgehead atoms. The molecule has 1 unspecified atom stereocenters. The highest BCUT2D eigenvalue weighted by Crippen LogP contribution is 2.24. The molecule has 1 saturated heterocycles. The van der Waals surface area contributed by atoms with Gasteiger partial charge in [-0.1, -0.05) is 11.6 Å². The maximum absolute atomic E-state index is 12.2. The van der Waals surface area contributed by atoms with Crippen LogP contribution < -0.4 is 5.32 Å². The fraction of sp³-hybridized carbons (Fsp3) is 0.667. The van der Waals surface area contributed by atoms with Crippen molar-refractivity contribution < 1.29 is 14.3 Å². The second-order valence-electron chi connectivity index (χ2n) is 7.62. The number of likely N-dealkylation sites (tertiary alicyclic amines) is 1. The SMILES string of the molecule is CC(CC1CCN(C(=O)OC(C)(C)C)CC1)NC(=O)c1ccc(Cl)s1. The smallest absolute Gasteiger partial charge is 0.410 e. The molecule has 1 aromatic heterocycles. The molecule has 0 spiro atoms. The number of amides is 2. The van der Waals surface area contributed by atoms with Gasteiger partial charge in [-0.2, -0.15) is 0 Å². The van der Waals surface area contributed by atoms with Crippen LogP contribution in [0.5, 0.6) is 0 Å². The summed E-state index contributed by atoms with van der Waals surface area (Å²) in [6.07, 6.45) is 2.54. The molecule has 1 aliphatic heterocycles. The van der Waals surface area contributed by atoms with Gasteiger partial charge in [0.05, 0.1) is 9.21 Å². The Morgan fingerprint density at radius 1 is 1.36 bits per heavy atom. The first-order valence-electron chi connectivity index (χ1n) is 8.68. The van der Waals surface area contributed by atoms with E-state index in [9.17, 15) is 9.59 Å². The molecule has 25 heavy (non-hydrogen) atoms. The van der Waals surface area contributed by atoms with Gasteiger partial charge in [-0.05, 0) is 65.0 Å². The molecule has 7 heteroatoms. The van der Waals surface area contributed by atoms with Crippen molar-refractivity contribution in [3.63, 3.8) is 0 Å². The van der Waals surface area contributed by atoms with E-state index in [0.29, 0.717) is 28.2 Å². The van der Waals surface area contributed by atoms with E-state index in [1.54, 1.807) is 17.0 Å². The van der Waals surface area contributed by atoms with E-state index >= 15 is 0 Å². The zero-order chi connectivity index (χ0) is 18.6. The first-order chi connectivity index (χ1) is 11.6. The van der Waals surface area contributed by atoms with Crippen molar-refractivity contribution in [2.45, 2.75) is 58.6 Å². The van der Waals surface area contributed by atoms with Crippen molar-refractivity contribution >= 4 is 34.9 Å². The summed E-state index contributed by atoms with van der Waals surface area (Å²) >= 11 is 7.16. The van der Waals surface area contributed by atoms with E-state index in [0.717, 1.165) is 19.3 Å². The number of ether oxygens (including phenoxy) is 1. The van der Waals surface area contributed by atoms with E-state index in [2.05, 4.69) is 5.32 Å². The minimum atomic E-state index is -0.461. The van der Waals surface area contributed by atoms with Crippen LogP contribution in [0.2, 0.25) is 4.34 Å². The van der Waals surface area contributed by atoms with Crippen LogP contribution in [-0.2, 0) is 4.74 Å². The van der Waals surface area contributed by atoms with Gasteiger partial charge in [0.15, 0.2) is 0 Å². The Balaban J connectivity index is 1.74. The van der Waals surface area contributed by atoms with E-state index in [1.165, 1.54) is 11.3 Å². The van der Waals surface area contributed by atoms with Crippen molar-refractivity contribution in [3.05, 3.63) is 21.3 Å². The summed E-state index contributed by atoms with van der Waals surface area (Å²) in [4.78, 5) is 26.7. The predicted octanol–water partition coefficient (Wildman–Crippen LogP) is 4.56. The average molecular weight is 387 g/mol. The fourth-order valence-corrected chi connectivity index (χ4v) is 3.91. The predicted molar refractivity (Wildman–Crippen MR) is 101 cm³/mol. The highest BCUT2D eigenvalue weighted by Gasteiger charge is 2.27. The van der Waals surface area contributed by atoms with E-state index in [4.69, 9.17) is 16.3 Å². The molecular formula is C18H27ClN2O3S. The third-order valence-corrected chi connectivity index (χ3v) is 5.36. The molecular weight excluding hydrogens is 360 g/mol. The summed E-state index contributed by atoms with van der Waals surface area (Å²) in [6, 6.07) is 3.57. The quantitative estimate of drug-likeness (QED) is 0.825. The molecule has 2 rings (SSSR count). The molecule has 1 N–H and O–H groups in total. The van der Waals surface area contributed by atoms with Crippen molar-refractivity contribution in [2.75, 3.05) is 13.1 Å². The van der Waals surface area contributed by atoms with Crippen LogP contribution in [0.3, 0.4) is 0 Å². The number of nitrogens with zero attached hydrogens (tertiary/aromatic N) is 1. The van der Waals surface area contributed by atoms with E-state index in [1.807, 2.05) is 27.7 Å². The van der Waals surface area contributed by atoms with Crippen LogP contribution in [0.4, 0.5) is 4.79 Å². The zero-order valence-electron chi connectivity index (χ0n) is 15.3. The highest BCUT2D eigenvalue weighted by molar-refractivity contribution is 7.17. The zero-order valence-corrected chi connectivity index (χ0v) is 16.9. The van der Waals surface area contributed by atoms with Gasteiger partial charge in [-0.3, -0.25) is 4.79 Å². The highest BCUT2D eigenvalue weighted by atomic mass is 35.5. The van der Waals surface area contributed by atoms with Crippen molar-refractivity contribution in [3.8, 4) is 0 Å². The topological polar surface area (TPSA) is 58.6 Å². The summed E-state index contributed by atoms with van der Waals surface area (Å²) in [5, 5.41) is 3.03. The van der Waals surface area contributed by atoms with Crippen molar-refractivity contribution in [2.24, 2.45) is 5.92 Å². The van der Waals surface area contributed by atoms with Gasteiger partial charge in [0, 0.05) is 19.1 Å². The summed E-state index contributed by atoms with van der Waals surface area (Å²) in [5.41, 5.74) is -0.461. The van der Waals surface area contributed by atoms with Crippen LogP contribution in [0, 0.1) is 5.92 Å². The fourth-order valence-electron chi connectivity index (χ4n) is 2.97. The van der Waals surface area contributed by atoms with Crippen molar-refractivity contribution in [1.82, 2.24) is 10.2 Å². The molecule has 0 aliphatic carbocycles. The first-order valence-corrected chi connectivity index (χ1v) is 9.87. The molecule has 1 aromatic rings. The van der Waals surface area contributed by atoms with Gasteiger partial charge in [0.2, 0.25) is 0 Å². The molecule has 5 nitrogen and oxygen atoms in total. The maximum Gasteiger partial charge on any atom is 0.410 e. The number of piperidine rings is 1. The Morgan fingerprint density at radius 2 is 2.00 bits per heavy atom. The van der Waals surface area contributed by atoms with E-state index < -0.39 is 5.60 Å². The largest absolute Gasteiger partial charge is 0.444 e. The number of carbonyl (C=O) groups excluding carboxylic acids is 2. The lowest BCUT2D eigenvalue weighted by Gasteiger charge is -2.34. The van der Waals surface area contributed by atoms with Crippen molar-refractivity contribution in [1.29, 1.82) is 0 Å². The van der Waals surface area contributed by atoms with Gasteiger partial charge in [-0.15, -0.1) is 11.3 Å². The number of halogens is 1. The lowest BCUT2D eigenvalue weighted by Crippen LogP contribution is -2.43. The first kappa shape index (κ1) is 20.0. The molecule has 0 radical (unpaired) electrons. The Labute approximate surface area is 158 Å². The number of nitrogens with one attached hydrogen (secondary N) is 1. The third-order valence-electron chi connectivity index (χ3n) is 4.13. The molecule has 2 amide bonds. The number of rotatable bonds is 4. The molecule has 1 fully saturated rings. The lowest BCUT2D eigenvalue weighted by molar-refractivity contribution is 0.0179. The number of hydrogen-bond acceptors (Lipinski definition) is 4. The second kappa shape index (κ2) is 8.41. The van der Waals surface area contributed by atoms with Crippen LogP contribution in [-0.4, -0.2) is 41.6 Å². The molecule has 0 saturated carbocycles. The third kappa shape index (κ3) is 6.51. The van der Waals surface area contributed by atoms with Crippen LogP contribution in [0.1, 0.15) is 56.6 Å². The van der Waals surface area contributed by atoms with Gasteiger partial charge in [0.25, 0.3) is 5.91 Å². The van der Waals surface area contributed by atoms with Gasteiger partial charge >= 0.3 is 6.09 Å².